The van der Waals surface area contributed by atoms with Crippen LogP contribution >= 0.6 is 0 Å². The fraction of sp³-hybridized carbons (Fsp3) is 0.381. The molecule has 3 N–H and O–H groups in total. The van der Waals surface area contributed by atoms with Gasteiger partial charge in [0.05, 0.1) is 0 Å². The molecule has 0 bridgehead atoms. The average Bonchev–Trinajstić information content (AvgIpc) is 2.68. The van der Waals surface area contributed by atoms with Crippen molar-refractivity contribution in [3.63, 3.8) is 0 Å². The molecule has 0 aromatic heterocycles. The Balaban J connectivity index is 1.55. The predicted octanol–water partition coefficient (Wildman–Crippen LogP) is 2.87. The molecule has 1 aliphatic rings. The molecule has 2 aromatic rings. The molecule has 27 heavy (non-hydrogen) atoms. The molecular formula is C21H26FN3O2. The van der Waals surface area contributed by atoms with E-state index in [0.29, 0.717) is 24.5 Å². The van der Waals surface area contributed by atoms with Crippen LogP contribution in [0.4, 0.5) is 10.1 Å². The highest BCUT2D eigenvalue weighted by Crippen LogP contribution is 2.22. The Morgan fingerprint density at radius 2 is 1.93 bits per heavy atom. The summed E-state index contributed by atoms with van der Waals surface area (Å²) in [5.74, 6) is 0.376. The van der Waals surface area contributed by atoms with E-state index in [2.05, 4.69) is 10.2 Å². The maximum absolute atomic E-state index is 13.1. The van der Waals surface area contributed by atoms with Gasteiger partial charge in [-0.1, -0.05) is 6.07 Å². The lowest BCUT2D eigenvalue weighted by Crippen LogP contribution is -2.44. The molecule has 0 atom stereocenters. The van der Waals surface area contributed by atoms with Crippen LogP contribution in [0.3, 0.4) is 0 Å². The second kappa shape index (κ2) is 8.86. The van der Waals surface area contributed by atoms with Crippen molar-refractivity contribution in [3.05, 3.63) is 59.4 Å². The Bertz CT molecular complexity index is 771. The summed E-state index contributed by atoms with van der Waals surface area (Å²) in [6.45, 7) is 4.46. The summed E-state index contributed by atoms with van der Waals surface area (Å²) in [5, 5.41) is 3.11. The van der Waals surface area contributed by atoms with Crippen LogP contribution in [0.2, 0.25) is 0 Å². The molecule has 0 aliphatic carbocycles. The van der Waals surface area contributed by atoms with Crippen LogP contribution in [0.25, 0.3) is 0 Å². The van der Waals surface area contributed by atoms with Crippen molar-refractivity contribution in [2.45, 2.75) is 25.8 Å². The number of aryl methyl sites for hydroxylation is 1. The van der Waals surface area contributed by atoms with E-state index in [1.807, 2.05) is 19.1 Å². The molecule has 144 valence electrons. The van der Waals surface area contributed by atoms with Crippen LogP contribution in [-0.4, -0.2) is 38.2 Å². The average molecular weight is 371 g/mol. The molecule has 0 radical (unpaired) electrons. The van der Waals surface area contributed by atoms with Crippen molar-refractivity contribution >= 4 is 11.6 Å². The monoisotopic (exact) mass is 371 g/mol. The lowest BCUT2D eigenvalue weighted by molar-refractivity contribution is 0.0930. The van der Waals surface area contributed by atoms with E-state index >= 15 is 0 Å². The third kappa shape index (κ3) is 4.98. The molecule has 6 heteroatoms. The summed E-state index contributed by atoms with van der Waals surface area (Å²) in [6.07, 6.45) is 1.71. The van der Waals surface area contributed by atoms with Crippen molar-refractivity contribution in [2.24, 2.45) is 5.73 Å². The minimum atomic E-state index is -0.228. The van der Waals surface area contributed by atoms with E-state index in [1.165, 1.54) is 12.1 Å². The molecule has 2 aromatic carbocycles. The second-order valence-corrected chi connectivity index (χ2v) is 6.83. The quantitative estimate of drug-likeness (QED) is 0.819. The van der Waals surface area contributed by atoms with Crippen LogP contribution in [0.1, 0.15) is 28.8 Å². The van der Waals surface area contributed by atoms with Gasteiger partial charge >= 0.3 is 0 Å². The van der Waals surface area contributed by atoms with Gasteiger partial charge in [0.1, 0.15) is 18.2 Å². The number of hydrogen-bond acceptors (Lipinski definition) is 4. The highest BCUT2D eigenvalue weighted by Gasteiger charge is 2.21. The summed E-state index contributed by atoms with van der Waals surface area (Å²) >= 11 is 0. The SMILES string of the molecule is Cc1ccc(C(=O)NC2CCN(c3ccc(F)cc3)CC2)cc1OCCN. The predicted molar refractivity (Wildman–Crippen MR) is 105 cm³/mol. The van der Waals surface area contributed by atoms with Crippen molar-refractivity contribution in [1.29, 1.82) is 0 Å². The number of nitrogens with two attached hydrogens (primary N) is 1. The molecule has 0 spiro atoms. The third-order valence-corrected chi connectivity index (χ3v) is 4.85. The van der Waals surface area contributed by atoms with Crippen molar-refractivity contribution in [1.82, 2.24) is 5.32 Å². The Morgan fingerprint density at radius 1 is 1.22 bits per heavy atom. The van der Waals surface area contributed by atoms with Gasteiger partial charge in [-0.25, -0.2) is 4.39 Å². The molecule has 1 amide bonds. The van der Waals surface area contributed by atoms with E-state index in [1.54, 1.807) is 18.2 Å². The summed E-state index contributed by atoms with van der Waals surface area (Å²) in [4.78, 5) is 14.8. The highest BCUT2D eigenvalue weighted by atomic mass is 19.1. The van der Waals surface area contributed by atoms with E-state index in [0.717, 1.165) is 37.2 Å². The van der Waals surface area contributed by atoms with Crippen molar-refractivity contribution in [3.8, 4) is 5.75 Å². The van der Waals surface area contributed by atoms with Crippen LogP contribution in [-0.2, 0) is 0 Å². The smallest absolute Gasteiger partial charge is 0.251 e. The van der Waals surface area contributed by atoms with Crippen LogP contribution in [0, 0.1) is 12.7 Å². The number of nitrogens with zero attached hydrogens (tertiary/aromatic N) is 1. The maximum atomic E-state index is 13.1. The number of benzene rings is 2. The van der Waals surface area contributed by atoms with Crippen LogP contribution in [0.5, 0.6) is 5.75 Å². The van der Waals surface area contributed by atoms with E-state index in [4.69, 9.17) is 10.5 Å². The number of piperidine rings is 1. The van der Waals surface area contributed by atoms with Gasteiger partial charge in [-0.05, 0) is 61.7 Å². The molecule has 5 nitrogen and oxygen atoms in total. The number of halogens is 1. The lowest BCUT2D eigenvalue weighted by Gasteiger charge is -2.34. The van der Waals surface area contributed by atoms with E-state index in [9.17, 15) is 9.18 Å². The zero-order valence-electron chi connectivity index (χ0n) is 15.6. The van der Waals surface area contributed by atoms with Gasteiger partial charge in [0.15, 0.2) is 0 Å². The number of nitrogens with one attached hydrogen (secondary N) is 1. The molecule has 1 fully saturated rings. The molecule has 1 heterocycles. The number of rotatable bonds is 6. The topological polar surface area (TPSA) is 67.6 Å². The van der Waals surface area contributed by atoms with Crippen LogP contribution < -0.4 is 20.7 Å². The van der Waals surface area contributed by atoms with Crippen molar-refractivity contribution < 1.29 is 13.9 Å². The maximum Gasteiger partial charge on any atom is 0.251 e. The standard InChI is InChI=1S/C21H26FN3O2/c1-15-2-3-16(14-20(15)27-13-10-23)21(26)24-18-8-11-25(12-9-18)19-6-4-17(22)5-7-19/h2-7,14,18H,8-13,23H2,1H3,(H,24,26). The van der Waals surface area contributed by atoms with Gasteiger partial charge in [-0.15, -0.1) is 0 Å². The first-order chi connectivity index (χ1) is 13.1. The Labute approximate surface area is 159 Å². The fourth-order valence-electron chi connectivity index (χ4n) is 3.27. The summed E-state index contributed by atoms with van der Waals surface area (Å²) < 4.78 is 18.7. The third-order valence-electron chi connectivity index (χ3n) is 4.85. The lowest BCUT2D eigenvalue weighted by atomic mass is 10.0. The zero-order chi connectivity index (χ0) is 19.2. The second-order valence-electron chi connectivity index (χ2n) is 6.83. The first kappa shape index (κ1) is 19.2. The summed E-state index contributed by atoms with van der Waals surface area (Å²) in [7, 11) is 0. The Morgan fingerprint density at radius 3 is 2.59 bits per heavy atom. The number of amides is 1. The Hall–Kier alpha value is -2.60. The molecule has 0 unspecified atom stereocenters. The van der Waals surface area contributed by atoms with Gasteiger partial charge in [0.25, 0.3) is 5.91 Å². The normalized spacial score (nSPS) is 14.9. The van der Waals surface area contributed by atoms with Crippen LogP contribution in [0.15, 0.2) is 42.5 Å². The first-order valence-corrected chi connectivity index (χ1v) is 9.31. The van der Waals surface area contributed by atoms with E-state index < -0.39 is 0 Å². The minimum absolute atomic E-state index is 0.0900. The van der Waals surface area contributed by atoms with Gasteiger partial charge in [0, 0.05) is 36.9 Å². The number of hydrogen-bond donors (Lipinski definition) is 2. The zero-order valence-corrected chi connectivity index (χ0v) is 15.6. The largest absolute Gasteiger partial charge is 0.492 e. The van der Waals surface area contributed by atoms with Gasteiger partial charge in [0.2, 0.25) is 0 Å². The number of ether oxygens (including phenoxy) is 1. The van der Waals surface area contributed by atoms with Gasteiger partial charge in [-0.3, -0.25) is 4.79 Å². The van der Waals surface area contributed by atoms with Gasteiger partial charge < -0.3 is 20.7 Å². The summed E-state index contributed by atoms with van der Waals surface area (Å²) in [5.41, 5.74) is 8.07. The van der Waals surface area contributed by atoms with E-state index in [-0.39, 0.29) is 17.8 Å². The number of anilines is 1. The highest BCUT2D eigenvalue weighted by molar-refractivity contribution is 5.95. The Kier molecular flexibility index (Phi) is 6.29. The first-order valence-electron chi connectivity index (χ1n) is 9.31. The molecule has 0 saturated carbocycles. The number of carbonyl (C=O) groups is 1. The van der Waals surface area contributed by atoms with Crippen molar-refractivity contribution in [2.75, 3.05) is 31.1 Å². The minimum Gasteiger partial charge on any atom is -0.492 e. The molecule has 1 aliphatic heterocycles. The molecule has 3 rings (SSSR count). The number of carbonyl (C=O) groups excluding carboxylic acids is 1. The fourth-order valence-corrected chi connectivity index (χ4v) is 3.27. The molecule has 1 saturated heterocycles. The molecular weight excluding hydrogens is 345 g/mol. The summed E-state index contributed by atoms with van der Waals surface area (Å²) in [6, 6.07) is 12.1. The van der Waals surface area contributed by atoms with Gasteiger partial charge in [-0.2, -0.15) is 0 Å².